The van der Waals surface area contributed by atoms with E-state index in [4.69, 9.17) is 14.3 Å². The van der Waals surface area contributed by atoms with Gasteiger partial charge in [-0.05, 0) is 24.6 Å². The average Bonchev–Trinajstić information content (AvgIpc) is 2.43. The van der Waals surface area contributed by atoms with E-state index < -0.39 is 17.2 Å². The summed E-state index contributed by atoms with van der Waals surface area (Å²) >= 11 is 3.34. The molecule has 0 aliphatic heterocycles. The number of aromatic carboxylic acids is 1. The van der Waals surface area contributed by atoms with Gasteiger partial charge in [-0.15, -0.1) is 0 Å². The molecule has 112 valence electrons. The first-order valence-corrected chi connectivity index (χ1v) is 7.45. The largest absolute Gasteiger partial charge is 0.490 e. The molecule has 2 aromatic rings. The maximum absolute atomic E-state index is 11.7. The zero-order chi connectivity index (χ0) is 15.4. The molecule has 2 rings (SSSR count). The number of hydrogen-bond acceptors (Lipinski definition) is 4. The van der Waals surface area contributed by atoms with Crippen LogP contribution in [0.5, 0.6) is 5.75 Å². The van der Waals surface area contributed by atoms with Gasteiger partial charge in [0, 0.05) is 9.86 Å². The van der Waals surface area contributed by atoms with E-state index in [1.54, 1.807) is 12.1 Å². The first-order valence-electron chi connectivity index (χ1n) is 6.66. The molecule has 0 saturated heterocycles. The minimum absolute atomic E-state index is 0.268. The van der Waals surface area contributed by atoms with Gasteiger partial charge in [-0.2, -0.15) is 0 Å². The van der Waals surface area contributed by atoms with Gasteiger partial charge in [0.05, 0.1) is 6.61 Å². The average molecular weight is 355 g/mol. The summed E-state index contributed by atoms with van der Waals surface area (Å²) in [6.45, 7) is 2.62. The van der Waals surface area contributed by atoms with Crippen LogP contribution in [0, 0.1) is 0 Å². The molecule has 0 amide bonds. The van der Waals surface area contributed by atoms with Gasteiger partial charge in [-0.1, -0.05) is 35.7 Å². The molecular weight excluding hydrogens is 340 g/mol. The van der Waals surface area contributed by atoms with Gasteiger partial charge in [-0.25, -0.2) is 9.59 Å². The molecule has 0 unspecified atom stereocenters. The number of ether oxygens (including phenoxy) is 1. The van der Waals surface area contributed by atoms with Crippen LogP contribution in [-0.2, 0) is 0 Å². The number of halogens is 1. The number of carbonyl (C=O) groups is 1. The number of fused-ring (bicyclic) bond motifs is 1. The van der Waals surface area contributed by atoms with Crippen LogP contribution in [0.4, 0.5) is 0 Å². The third-order valence-electron chi connectivity index (χ3n) is 3.00. The van der Waals surface area contributed by atoms with E-state index in [-0.39, 0.29) is 5.58 Å². The zero-order valence-electron chi connectivity index (χ0n) is 11.5. The van der Waals surface area contributed by atoms with Crippen molar-refractivity contribution in [3.05, 3.63) is 38.7 Å². The topological polar surface area (TPSA) is 76.7 Å². The molecule has 0 aliphatic carbocycles. The maximum Gasteiger partial charge on any atom is 0.351 e. The van der Waals surface area contributed by atoms with Crippen molar-refractivity contribution < 1.29 is 19.1 Å². The zero-order valence-corrected chi connectivity index (χ0v) is 13.1. The summed E-state index contributed by atoms with van der Waals surface area (Å²) < 4.78 is 11.5. The molecule has 0 atom stereocenters. The van der Waals surface area contributed by atoms with E-state index in [0.29, 0.717) is 17.7 Å². The number of carboxylic acid groups (broad SMARTS) is 1. The van der Waals surface area contributed by atoms with Crippen LogP contribution in [0.1, 0.15) is 36.5 Å². The molecule has 21 heavy (non-hydrogen) atoms. The number of benzene rings is 1. The van der Waals surface area contributed by atoms with E-state index in [9.17, 15) is 9.59 Å². The van der Waals surface area contributed by atoms with Crippen LogP contribution in [0.3, 0.4) is 0 Å². The van der Waals surface area contributed by atoms with E-state index in [2.05, 4.69) is 22.9 Å². The van der Waals surface area contributed by atoms with E-state index in [0.717, 1.165) is 23.7 Å². The quantitative estimate of drug-likeness (QED) is 0.630. The Hall–Kier alpha value is -1.82. The molecular formula is C15H15BrO5. The minimum atomic E-state index is -1.31. The van der Waals surface area contributed by atoms with Gasteiger partial charge >= 0.3 is 11.6 Å². The molecule has 0 fully saturated rings. The lowest BCUT2D eigenvalue weighted by Gasteiger charge is -2.09. The molecule has 0 spiro atoms. The van der Waals surface area contributed by atoms with Gasteiger partial charge in [0.15, 0.2) is 11.3 Å². The smallest absolute Gasteiger partial charge is 0.351 e. The van der Waals surface area contributed by atoms with Crippen LogP contribution in [0.2, 0.25) is 0 Å². The van der Waals surface area contributed by atoms with Crippen molar-refractivity contribution in [3.8, 4) is 5.75 Å². The third kappa shape index (κ3) is 3.64. The fourth-order valence-corrected chi connectivity index (χ4v) is 2.41. The molecule has 5 nitrogen and oxygen atoms in total. The summed E-state index contributed by atoms with van der Waals surface area (Å²) in [6.07, 6.45) is 3.04. The number of rotatable bonds is 6. The van der Waals surface area contributed by atoms with Crippen molar-refractivity contribution in [2.45, 2.75) is 26.2 Å². The Bertz CT molecular complexity index is 720. The summed E-state index contributed by atoms with van der Waals surface area (Å²) in [5, 5.41) is 9.47. The lowest BCUT2D eigenvalue weighted by Crippen LogP contribution is -2.13. The van der Waals surface area contributed by atoms with Gasteiger partial charge in [0.25, 0.3) is 0 Å². The number of hydrogen-bond donors (Lipinski definition) is 1. The number of carboxylic acids is 1. The molecule has 0 saturated carbocycles. The fourth-order valence-electron chi connectivity index (χ4n) is 1.96. The molecule has 1 N–H and O–H groups in total. The highest BCUT2D eigenvalue weighted by Gasteiger charge is 2.15. The molecule has 0 bridgehead atoms. The highest BCUT2D eigenvalue weighted by atomic mass is 79.9. The third-order valence-corrected chi connectivity index (χ3v) is 3.46. The molecule has 0 aliphatic rings. The van der Waals surface area contributed by atoms with Gasteiger partial charge in [0.1, 0.15) is 5.56 Å². The van der Waals surface area contributed by atoms with Crippen molar-refractivity contribution in [2.24, 2.45) is 0 Å². The standard InChI is InChI=1S/C15H15BrO5/c1-2-3-4-5-20-12-8-10(16)6-9-7-11(14(17)18)15(19)21-13(9)12/h6-8H,2-5H2,1H3,(H,17,18). The first-order chi connectivity index (χ1) is 10.0. The molecule has 1 aromatic heterocycles. The summed E-state index contributed by atoms with van der Waals surface area (Å²) in [6, 6.07) is 4.69. The predicted molar refractivity (Wildman–Crippen MR) is 82.2 cm³/mol. The van der Waals surface area contributed by atoms with Crippen molar-refractivity contribution in [1.82, 2.24) is 0 Å². The Morgan fingerprint density at radius 2 is 2.10 bits per heavy atom. The predicted octanol–water partition coefficient (Wildman–Crippen LogP) is 3.82. The summed E-state index contributed by atoms with van der Waals surface area (Å²) in [4.78, 5) is 22.6. The second kappa shape index (κ2) is 6.76. The van der Waals surface area contributed by atoms with Gasteiger partial charge in [-0.3, -0.25) is 0 Å². The SMILES string of the molecule is CCCCCOc1cc(Br)cc2cc(C(=O)O)c(=O)oc12. The van der Waals surface area contributed by atoms with Gasteiger partial charge < -0.3 is 14.3 Å². The highest BCUT2D eigenvalue weighted by molar-refractivity contribution is 9.10. The highest BCUT2D eigenvalue weighted by Crippen LogP contribution is 2.30. The Morgan fingerprint density at radius 3 is 2.76 bits per heavy atom. The lowest BCUT2D eigenvalue weighted by atomic mass is 10.2. The Kier molecular flexibility index (Phi) is 5.01. The van der Waals surface area contributed by atoms with E-state index in [1.807, 2.05) is 0 Å². The van der Waals surface area contributed by atoms with Crippen LogP contribution in [0.15, 0.2) is 31.9 Å². The van der Waals surface area contributed by atoms with Crippen LogP contribution in [0.25, 0.3) is 11.0 Å². The summed E-state index contributed by atoms with van der Waals surface area (Å²) in [5.74, 6) is -0.874. The van der Waals surface area contributed by atoms with Crippen LogP contribution >= 0.6 is 15.9 Å². The number of unbranched alkanes of at least 4 members (excludes halogenated alkanes) is 2. The second-order valence-electron chi connectivity index (χ2n) is 4.63. The van der Waals surface area contributed by atoms with E-state index in [1.165, 1.54) is 6.07 Å². The minimum Gasteiger partial charge on any atom is -0.490 e. The molecule has 1 heterocycles. The second-order valence-corrected chi connectivity index (χ2v) is 5.55. The normalized spacial score (nSPS) is 10.8. The fraction of sp³-hybridized carbons (Fsp3) is 0.333. The Morgan fingerprint density at radius 1 is 1.33 bits per heavy atom. The summed E-state index contributed by atoms with van der Waals surface area (Å²) in [5.41, 5.74) is -1.00. The molecule has 0 radical (unpaired) electrons. The first kappa shape index (κ1) is 15.6. The van der Waals surface area contributed by atoms with Crippen molar-refractivity contribution >= 4 is 32.9 Å². The van der Waals surface area contributed by atoms with E-state index >= 15 is 0 Å². The van der Waals surface area contributed by atoms with Crippen LogP contribution < -0.4 is 10.4 Å². The van der Waals surface area contributed by atoms with Crippen LogP contribution in [-0.4, -0.2) is 17.7 Å². The maximum atomic E-state index is 11.7. The van der Waals surface area contributed by atoms with Crippen molar-refractivity contribution in [2.75, 3.05) is 6.61 Å². The molecule has 6 heteroatoms. The van der Waals surface area contributed by atoms with Gasteiger partial charge in [0.2, 0.25) is 0 Å². The summed E-state index contributed by atoms with van der Waals surface area (Å²) in [7, 11) is 0. The Balaban J connectivity index is 2.43. The Labute approximate surface area is 129 Å². The van der Waals surface area contributed by atoms with Crippen molar-refractivity contribution in [3.63, 3.8) is 0 Å². The monoisotopic (exact) mass is 354 g/mol. The molecule has 1 aromatic carbocycles. The van der Waals surface area contributed by atoms with Crippen molar-refractivity contribution in [1.29, 1.82) is 0 Å². The lowest BCUT2D eigenvalue weighted by molar-refractivity contribution is 0.0692.